The largest absolute Gasteiger partial charge is 0.377 e. The summed E-state index contributed by atoms with van der Waals surface area (Å²) in [6, 6.07) is 2.86. The van der Waals surface area contributed by atoms with Gasteiger partial charge >= 0.3 is 0 Å². The molecule has 4 heteroatoms. The van der Waals surface area contributed by atoms with Gasteiger partial charge in [0.15, 0.2) is 0 Å². The van der Waals surface area contributed by atoms with E-state index in [1.165, 1.54) is 12.1 Å². The van der Waals surface area contributed by atoms with Crippen LogP contribution in [0.4, 0.5) is 8.78 Å². The number of benzene rings is 1. The maximum Gasteiger partial charge on any atom is 0.126 e. The van der Waals surface area contributed by atoms with Crippen LogP contribution in [0.2, 0.25) is 0 Å². The van der Waals surface area contributed by atoms with Crippen molar-refractivity contribution in [3.63, 3.8) is 0 Å². The summed E-state index contributed by atoms with van der Waals surface area (Å²) in [7, 11) is 0. The summed E-state index contributed by atoms with van der Waals surface area (Å²) >= 11 is 0. The van der Waals surface area contributed by atoms with Gasteiger partial charge in [-0.05, 0) is 31.0 Å². The molecule has 0 fully saturated rings. The number of rotatable bonds is 6. The molecule has 17 heavy (non-hydrogen) atoms. The van der Waals surface area contributed by atoms with Crippen molar-refractivity contribution < 1.29 is 13.5 Å². The highest BCUT2D eigenvalue weighted by Gasteiger charge is 2.20. The lowest BCUT2D eigenvalue weighted by Crippen LogP contribution is -2.29. The number of nitrogens with two attached hydrogens (primary N) is 1. The molecule has 0 amide bonds. The van der Waals surface area contributed by atoms with E-state index in [0.717, 1.165) is 18.9 Å². The van der Waals surface area contributed by atoms with Gasteiger partial charge in [0.2, 0.25) is 0 Å². The highest BCUT2D eigenvalue weighted by atomic mass is 19.1. The first-order chi connectivity index (χ1) is 8.08. The predicted octanol–water partition coefficient (Wildman–Crippen LogP) is 3.17. The fourth-order valence-corrected chi connectivity index (χ4v) is 1.85. The van der Waals surface area contributed by atoms with Crippen molar-refractivity contribution in [3.8, 4) is 0 Å². The SMILES string of the molecule is CCCC(OCC)C(N)c1cc(F)cc(F)c1. The molecule has 0 saturated heterocycles. The molecule has 96 valence electrons. The summed E-state index contributed by atoms with van der Waals surface area (Å²) in [5.74, 6) is -1.22. The average molecular weight is 243 g/mol. The van der Waals surface area contributed by atoms with Crippen molar-refractivity contribution in [3.05, 3.63) is 35.4 Å². The first-order valence-electron chi connectivity index (χ1n) is 5.91. The second-order valence-electron chi connectivity index (χ2n) is 4.01. The Labute approximate surface area is 101 Å². The Bertz CT molecular complexity index is 331. The number of ether oxygens (including phenoxy) is 1. The standard InChI is InChI=1S/C13H19F2NO/c1-3-5-12(17-4-2)13(16)9-6-10(14)8-11(15)7-9/h6-8,12-13H,3-5,16H2,1-2H3. The van der Waals surface area contributed by atoms with E-state index >= 15 is 0 Å². The molecule has 1 aromatic carbocycles. The van der Waals surface area contributed by atoms with Crippen molar-refractivity contribution in [2.45, 2.75) is 38.8 Å². The van der Waals surface area contributed by atoms with Crippen LogP contribution in [0, 0.1) is 11.6 Å². The van der Waals surface area contributed by atoms with E-state index in [1.807, 2.05) is 13.8 Å². The summed E-state index contributed by atoms with van der Waals surface area (Å²) in [6.45, 7) is 4.43. The van der Waals surface area contributed by atoms with Gasteiger partial charge in [0.25, 0.3) is 0 Å². The zero-order valence-corrected chi connectivity index (χ0v) is 10.2. The molecule has 2 N–H and O–H groups in total. The minimum Gasteiger partial charge on any atom is -0.377 e. The van der Waals surface area contributed by atoms with Crippen LogP contribution >= 0.6 is 0 Å². The van der Waals surface area contributed by atoms with E-state index in [1.54, 1.807) is 0 Å². The molecule has 2 unspecified atom stereocenters. The van der Waals surface area contributed by atoms with Gasteiger partial charge in [0.1, 0.15) is 11.6 Å². The normalized spacial score (nSPS) is 14.6. The van der Waals surface area contributed by atoms with E-state index < -0.39 is 17.7 Å². The summed E-state index contributed by atoms with van der Waals surface area (Å²) < 4.78 is 31.7. The van der Waals surface area contributed by atoms with Crippen molar-refractivity contribution in [1.29, 1.82) is 0 Å². The third-order valence-corrected chi connectivity index (χ3v) is 2.62. The number of halogens is 2. The van der Waals surface area contributed by atoms with Crippen LogP contribution in [0.25, 0.3) is 0 Å². The molecule has 0 aliphatic heterocycles. The van der Waals surface area contributed by atoms with Crippen LogP contribution in [-0.4, -0.2) is 12.7 Å². The highest BCUT2D eigenvalue weighted by molar-refractivity contribution is 5.22. The monoisotopic (exact) mass is 243 g/mol. The van der Waals surface area contributed by atoms with Gasteiger partial charge < -0.3 is 10.5 Å². The zero-order valence-electron chi connectivity index (χ0n) is 10.2. The van der Waals surface area contributed by atoms with Gasteiger partial charge in [-0.2, -0.15) is 0 Å². The maximum atomic E-state index is 13.1. The quantitative estimate of drug-likeness (QED) is 0.833. The topological polar surface area (TPSA) is 35.2 Å². The fraction of sp³-hybridized carbons (Fsp3) is 0.538. The molecule has 0 aliphatic rings. The van der Waals surface area contributed by atoms with Gasteiger partial charge in [0.05, 0.1) is 12.1 Å². The molecule has 0 heterocycles. The van der Waals surface area contributed by atoms with Gasteiger partial charge in [-0.1, -0.05) is 13.3 Å². The van der Waals surface area contributed by atoms with Crippen LogP contribution in [0.1, 0.15) is 38.3 Å². The predicted molar refractivity (Wildman–Crippen MR) is 63.6 cm³/mol. The molecule has 0 spiro atoms. The molecule has 0 radical (unpaired) electrons. The Morgan fingerprint density at radius 1 is 1.18 bits per heavy atom. The summed E-state index contributed by atoms with van der Waals surface area (Å²) in [5.41, 5.74) is 6.43. The lowest BCUT2D eigenvalue weighted by Gasteiger charge is -2.23. The van der Waals surface area contributed by atoms with E-state index in [2.05, 4.69) is 0 Å². The number of hydrogen-bond donors (Lipinski definition) is 1. The van der Waals surface area contributed by atoms with Gasteiger partial charge in [-0.25, -0.2) is 8.78 Å². The van der Waals surface area contributed by atoms with E-state index in [-0.39, 0.29) is 6.10 Å². The van der Waals surface area contributed by atoms with Crippen molar-refractivity contribution in [2.75, 3.05) is 6.61 Å². The van der Waals surface area contributed by atoms with Crippen molar-refractivity contribution >= 4 is 0 Å². The fourth-order valence-electron chi connectivity index (χ4n) is 1.85. The van der Waals surface area contributed by atoms with Crippen LogP contribution < -0.4 is 5.73 Å². The maximum absolute atomic E-state index is 13.1. The van der Waals surface area contributed by atoms with Crippen molar-refractivity contribution in [2.24, 2.45) is 5.73 Å². The zero-order chi connectivity index (χ0) is 12.8. The van der Waals surface area contributed by atoms with Crippen LogP contribution in [0.3, 0.4) is 0 Å². The molecule has 2 nitrogen and oxygen atoms in total. The van der Waals surface area contributed by atoms with Gasteiger partial charge in [0, 0.05) is 12.7 Å². The molecule has 0 aliphatic carbocycles. The molecule has 1 aromatic rings. The number of hydrogen-bond acceptors (Lipinski definition) is 2. The Kier molecular flexibility index (Phi) is 5.51. The Balaban J connectivity index is 2.87. The first kappa shape index (κ1) is 14.1. The first-order valence-corrected chi connectivity index (χ1v) is 5.91. The minimum absolute atomic E-state index is 0.203. The second-order valence-corrected chi connectivity index (χ2v) is 4.01. The van der Waals surface area contributed by atoms with Crippen molar-refractivity contribution in [1.82, 2.24) is 0 Å². The second kappa shape index (κ2) is 6.67. The van der Waals surface area contributed by atoms with Gasteiger partial charge in [-0.15, -0.1) is 0 Å². The van der Waals surface area contributed by atoms with E-state index in [9.17, 15) is 8.78 Å². The van der Waals surface area contributed by atoms with E-state index in [4.69, 9.17) is 10.5 Å². The summed E-state index contributed by atoms with van der Waals surface area (Å²) in [5, 5.41) is 0. The lowest BCUT2D eigenvalue weighted by atomic mass is 9.99. The molecule has 2 atom stereocenters. The lowest BCUT2D eigenvalue weighted by molar-refractivity contribution is 0.0373. The Morgan fingerprint density at radius 3 is 2.24 bits per heavy atom. The summed E-state index contributed by atoms with van der Waals surface area (Å²) in [4.78, 5) is 0. The third-order valence-electron chi connectivity index (χ3n) is 2.62. The van der Waals surface area contributed by atoms with Crippen LogP contribution in [0.5, 0.6) is 0 Å². The van der Waals surface area contributed by atoms with Crippen LogP contribution in [0.15, 0.2) is 18.2 Å². The highest BCUT2D eigenvalue weighted by Crippen LogP contribution is 2.22. The minimum atomic E-state index is -0.609. The summed E-state index contributed by atoms with van der Waals surface area (Å²) in [6.07, 6.45) is 1.48. The third kappa shape index (κ3) is 4.06. The average Bonchev–Trinajstić information content (AvgIpc) is 2.26. The Hall–Kier alpha value is -1.00. The molecular weight excluding hydrogens is 224 g/mol. The molecule has 1 rings (SSSR count). The smallest absolute Gasteiger partial charge is 0.126 e. The van der Waals surface area contributed by atoms with Gasteiger partial charge in [-0.3, -0.25) is 0 Å². The Morgan fingerprint density at radius 2 is 1.76 bits per heavy atom. The molecular formula is C13H19F2NO. The van der Waals surface area contributed by atoms with Crippen LogP contribution in [-0.2, 0) is 4.74 Å². The van der Waals surface area contributed by atoms with E-state index in [0.29, 0.717) is 12.2 Å². The molecule has 0 aromatic heterocycles. The molecule has 0 bridgehead atoms. The molecule has 0 saturated carbocycles.